The van der Waals surface area contributed by atoms with Gasteiger partial charge in [-0.3, -0.25) is 19.7 Å². The summed E-state index contributed by atoms with van der Waals surface area (Å²) < 4.78 is 15.8. The van der Waals surface area contributed by atoms with Crippen molar-refractivity contribution in [1.82, 2.24) is 10.6 Å². The van der Waals surface area contributed by atoms with Gasteiger partial charge in [-0.1, -0.05) is 6.07 Å². The van der Waals surface area contributed by atoms with Crippen molar-refractivity contribution in [3.05, 3.63) is 57.6 Å². The molecule has 0 saturated carbocycles. The van der Waals surface area contributed by atoms with Crippen molar-refractivity contribution in [3.63, 3.8) is 0 Å². The number of rotatable bonds is 9. The van der Waals surface area contributed by atoms with E-state index in [0.29, 0.717) is 22.8 Å². The first-order valence-corrected chi connectivity index (χ1v) is 8.47. The van der Waals surface area contributed by atoms with Crippen molar-refractivity contribution in [1.29, 1.82) is 0 Å². The molecule has 0 unspecified atom stereocenters. The maximum Gasteiger partial charge on any atom is 0.270 e. The lowest BCUT2D eigenvalue weighted by atomic mass is 10.1. The summed E-state index contributed by atoms with van der Waals surface area (Å²) in [5.74, 6) is 0.327. The normalized spacial score (nSPS) is 10.0. The Labute approximate surface area is 166 Å². The fourth-order valence-corrected chi connectivity index (χ4v) is 2.52. The van der Waals surface area contributed by atoms with Crippen LogP contribution >= 0.6 is 0 Å². The Balaban J connectivity index is 1.94. The highest BCUT2D eigenvalue weighted by molar-refractivity contribution is 5.96. The predicted molar refractivity (Wildman–Crippen MR) is 103 cm³/mol. The zero-order chi connectivity index (χ0) is 21.4. The van der Waals surface area contributed by atoms with Crippen molar-refractivity contribution in [2.75, 3.05) is 27.9 Å². The molecule has 0 aromatic heterocycles. The average molecular weight is 403 g/mol. The number of nitrogens with zero attached hydrogens (tertiary/aromatic N) is 1. The lowest BCUT2D eigenvalue weighted by Gasteiger charge is -2.14. The molecule has 0 saturated heterocycles. The molecular weight excluding hydrogens is 382 g/mol. The second-order valence-corrected chi connectivity index (χ2v) is 5.80. The highest BCUT2D eigenvalue weighted by Gasteiger charge is 2.15. The van der Waals surface area contributed by atoms with Crippen LogP contribution in [0.4, 0.5) is 5.69 Å². The summed E-state index contributed by atoms with van der Waals surface area (Å²) in [7, 11) is 4.47. The van der Waals surface area contributed by atoms with E-state index in [2.05, 4.69) is 10.6 Å². The maximum absolute atomic E-state index is 12.1. The van der Waals surface area contributed by atoms with Crippen molar-refractivity contribution in [2.45, 2.75) is 6.54 Å². The number of non-ortho nitro benzene ring substituents is 1. The van der Waals surface area contributed by atoms with Gasteiger partial charge in [-0.05, 0) is 23.8 Å². The highest BCUT2D eigenvalue weighted by atomic mass is 16.6. The molecule has 2 aromatic rings. The monoisotopic (exact) mass is 403 g/mol. The number of hydrogen-bond donors (Lipinski definition) is 2. The summed E-state index contributed by atoms with van der Waals surface area (Å²) in [6, 6.07) is 8.64. The molecule has 0 fully saturated rings. The van der Waals surface area contributed by atoms with Gasteiger partial charge in [0.1, 0.15) is 0 Å². The molecule has 154 valence electrons. The second-order valence-electron chi connectivity index (χ2n) is 5.80. The van der Waals surface area contributed by atoms with E-state index in [-0.39, 0.29) is 24.3 Å². The standard InChI is InChI=1S/C19H21N3O7/c1-27-15-7-12(8-16(28-2)18(15)29-3)10-20-17(23)11-21-19(24)13-5-4-6-14(9-13)22(25)26/h4-9H,10-11H2,1-3H3,(H,20,23)(H,21,24). The van der Waals surface area contributed by atoms with Gasteiger partial charge in [0.15, 0.2) is 11.5 Å². The number of carbonyl (C=O) groups excluding carboxylic acids is 2. The molecule has 0 bridgehead atoms. The van der Waals surface area contributed by atoms with E-state index in [1.165, 1.54) is 39.5 Å². The molecule has 0 radical (unpaired) electrons. The molecule has 2 aromatic carbocycles. The van der Waals surface area contributed by atoms with Crippen molar-refractivity contribution in [3.8, 4) is 17.2 Å². The Kier molecular flexibility index (Phi) is 7.35. The number of ether oxygens (including phenoxy) is 3. The number of amides is 2. The summed E-state index contributed by atoms with van der Waals surface area (Å²) in [5.41, 5.74) is 0.596. The third-order valence-corrected chi connectivity index (χ3v) is 3.94. The first-order valence-electron chi connectivity index (χ1n) is 8.47. The van der Waals surface area contributed by atoms with E-state index in [9.17, 15) is 19.7 Å². The molecule has 29 heavy (non-hydrogen) atoms. The minimum absolute atomic E-state index is 0.0941. The van der Waals surface area contributed by atoms with E-state index in [1.54, 1.807) is 12.1 Å². The lowest BCUT2D eigenvalue weighted by Crippen LogP contribution is -2.36. The van der Waals surface area contributed by atoms with Crippen molar-refractivity contribution in [2.24, 2.45) is 0 Å². The van der Waals surface area contributed by atoms with Crippen LogP contribution in [0.25, 0.3) is 0 Å². The molecule has 0 atom stereocenters. The Bertz CT molecular complexity index is 889. The quantitative estimate of drug-likeness (QED) is 0.481. The largest absolute Gasteiger partial charge is 0.493 e. The highest BCUT2D eigenvalue weighted by Crippen LogP contribution is 2.38. The maximum atomic E-state index is 12.1. The zero-order valence-corrected chi connectivity index (χ0v) is 16.2. The third-order valence-electron chi connectivity index (χ3n) is 3.94. The molecule has 0 heterocycles. The molecule has 0 aliphatic carbocycles. The van der Waals surface area contributed by atoms with E-state index in [0.717, 1.165) is 6.07 Å². The lowest BCUT2D eigenvalue weighted by molar-refractivity contribution is -0.384. The predicted octanol–water partition coefficient (Wildman–Crippen LogP) is 1.67. The van der Waals surface area contributed by atoms with E-state index in [4.69, 9.17) is 14.2 Å². The number of benzene rings is 2. The Morgan fingerprint density at radius 3 is 2.21 bits per heavy atom. The summed E-state index contributed by atoms with van der Waals surface area (Å²) in [6.07, 6.45) is 0. The summed E-state index contributed by atoms with van der Waals surface area (Å²) in [5, 5.41) is 15.9. The zero-order valence-electron chi connectivity index (χ0n) is 16.2. The third kappa shape index (κ3) is 5.58. The molecule has 0 aliphatic heterocycles. The fraction of sp³-hybridized carbons (Fsp3) is 0.263. The van der Waals surface area contributed by atoms with E-state index in [1.807, 2.05) is 0 Å². The van der Waals surface area contributed by atoms with Crippen LogP contribution in [-0.4, -0.2) is 44.6 Å². The molecular formula is C19H21N3O7. The van der Waals surface area contributed by atoms with E-state index >= 15 is 0 Å². The van der Waals surface area contributed by atoms with Crippen LogP contribution in [0.1, 0.15) is 15.9 Å². The van der Waals surface area contributed by atoms with Gasteiger partial charge in [0, 0.05) is 24.2 Å². The van der Waals surface area contributed by atoms with Crippen molar-refractivity contribution < 1.29 is 28.7 Å². The van der Waals surface area contributed by atoms with Crippen LogP contribution < -0.4 is 24.8 Å². The molecule has 10 heteroatoms. The van der Waals surface area contributed by atoms with Gasteiger partial charge in [0.2, 0.25) is 11.7 Å². The number of carbonyl (C=O) groups is 2. The number of hydrogen-bond acceptors (Lipinski definition) is 7. The summed E-state index contributed by atoms with van der Waals surface area (Å²) in [6.45, 7) is -0.117. The van der Waals surface area contributed by atoms with Crippen LogP contribution in [0.3, 0.4) is 0 Å². The van der Waals surface area contributed by atoms with Crippen LogP contribution in [0.2, 0.25) is 0 Å². The van der Waals surface area contributed by atoms with E-state index < -0.39 is 16.7 Å². The van der Waals surface area contributed by atoms with Gasteiger partial charge in [-0.25, -0.2) is 0 Å². The minimum atomic E-state index is -0.596. The summed E-state index contributed by atoms with van der Waals surface area (Å²) in [4.78, 5) is 34.3. The number of nitrogens with one attached hydrogen (secondary N) is 2. The van der Waals surface area contributed by atoms with Gasteiger partial charge in [-0.2, -0.15) is 0 Å². The molecule has 0 spiro atoms. The molecule has 2 amide bonds. The Hall–Kier alpha value is -3.82. The fourth-order valence-electron chi connectivity index (χ4n) is 2.52. The van der Waals surface area contributed by atoms with Crippen LogP contribution in [0, 0.1) is 10.1 Å². The first-order chi connectivity index (χ1) is 13.9. The molecule has 2 N–H and O–H groups in total. The van der Waals surface area contributed by atoms with Crippen molar-refractivity contribution >= 4 is 17.5 Å². The molecule has 10 nitrogen and oxygen atoms in total. The second kappa shape index (κ2) is 9.93. The van der Waals surface area contributed by atoms with Crippen LogP contribution in [0.15, 0.2) is 36.4 Å². The van der Waals surface area contributed by atoms with Gasteiger partial charge in [-0.15, -0.1) is 0 Å². The van der Waals surface area contributed by atoms with Crippen LogP contribution in [0.5, 0.6) is 17.2 Å². The molecule has 2 rings (SSSR count). The van der Waals surface area contributed by atoms with Gasteiger partial charge in [0.25, 0.3) is 11.6 Å². The number of methoxy groups -OCH3 is 3. The Morgan fingerprint density at radius 2 is 1.66 bits per heavy atom. The smallest absolute Gasteiger partial charge is 0.270 e. The van der Waals surface area contributed by atoms with Gasteiger partial charge >= 0.3 is 0 Å². The van der Waals surface area contributed by atoms with Crippen LogP contribution in [-0.2, 0) is 11.3 Å². The Morgan fingerprint density at radius 1 is 1.00 bits per heavy atom. The average Bonchev–Trinajstić information content (AvgIpc) is 2.74. The molecule has 0 aliphatic rings. The van der Waals surface area contributed by atoms with Gasteiger partial charge < -0.3 is 24.8 Å². The number of nitro benzene ring substituents is 1. The summed E-state index contributed by atoms with van der Waals surface area (Å²) >= 11 is 0. The first kappa shape index (κ1) is 21.5. The van der Waals surface area contributed by atoms with Gasteiger partial charge in [0.05, 0.1) is 32.8 Å². The topological polar surface area (TPSA) is 129 Å². The SMILES string of the molecule is COc1cc(CNC(=O)CNC(=O)c2cccc([N+](=O)[O-])c2)cc(OC)c1OC. The minimum Gasteiger partial charge on any atom is -0.493 e. The number of nitro groups is 1.